The quantitative estimate of drug-likeness (QED) is 0.384. The van der Waals surface area contributed by atoms with Gasteiger partial charge in [0.25, 0.3) is 0 Å². The first-order chi connectivity index (χ1) is 14.8. The number of ether oxygens (including phenoxy) is 1. The number of carbonyl (C=O) groups is 1. The zero-order chi connectivity index (χ0) is 22.3. The third kappa shape index (κ3) is 8.42. The molecule has 0 aromatic heterocycles. The lowest BCUT2D eigenvalue weighted by molar-refractivity contribution is -0.154. The maximum absolute atomic E-state index is 11.8. The number of esters is 1. The molecular weight excluding hydrogens is 384 g/mol. The Morgan fingerprint density at radius 1 is 1.10 bits per heavy atom. The topological polar surface area (TPSA) is 50.4 Å². The monoisotopic (exact) mass is 426 g/mol. The molecule has 2 atom stereocenters. The van der Waals surface area contributed by atoms with Gasteiger partial charge < -0.3 is 15.4 Å². The molecule has 2 aliphatic rings. The molecule has 4 nitrogen and oxygen atoms in total. The number of hydrogen-bond donors (Lipinski definition) is 2. The second kappa shape index (κ2) is 11.3. The smallest absolute Gasteiger partial charge is 0.306 e. The van der Waals surface area contributed by atoms with Gasteiger partial charge in [-0.3, -0.25) is 4.79 Å². The third-order valence-corrected chi connectivity index (χ3v) is 6.41. The van der Waals surface area contributed by atoms with E-state index in [2.05, 4.69) is 54.0 Å². The van der Waals surface area contributed by atoms with Crippen LogP contribution in [0.1, 0.15) is 84.6 Å². The standard InChI is InChI=1S/C27H42N2O2/c1-5-21(18-20-10-7-6-8-11-20)24-19-25(24)29-23-15-13-22(14-16-23)28-17-9-12-26(30)31-27(2,3)4/h6-8,10-11,18,22-25,28-29H,5,9,12-17,19H2,1-4H3/t22?,23?,24?,25-/m0/s1. The minimum Gasteiger partial charge on any atom is -0.460 e. The van der Waals surface area contributed by atoms with Crippen molar-refractivity contribution in [3.05, 3.63) is 41.5 Å². The fourth-order valence-electron chi connectivity index (χ4n) is 4.72. The van der Waals surface area contributed by atoms with Crippen LogP contribution >= 0.6 is 0 Å². The van der Waals surface area contributed by atoms with Crippen molar-refractivity contribution in [2.24, 2.45) is 5.92 Å². The Hall–Kier alpha value is -1.65. The molecule has 1 unspecified atom stereocenters. The van der Waals surface area contributed by atoms with Gasteiger partial charge in [-0.05, 0) is 83.7 Å². The van der Waals surface area contributed by atoms with E-state index in [-0.39, 0.29) is 11.6 Å². The van der Waals surface area contributed by atoms with Crippen molar-refractivity contribution in [3.8, 4) is 0 Å². The zero-order valence-electron chi connectivity index (χ0n) is 20.0. The number of nitrogens with one attached hydrogen (secondary N) is 2. The molecule has 0 spiro atoms. The molecule has 2 saturated carbocycles. The Morgan fingerprint density at radius 2 is 1.77 bits per heavy atom. The van der Waals surface area contributed by atoms with Gasteiger partial charge in [0, 0.05) is 24.5 Å². The lowest BCUT2D eigenvalue weighted by Crippen LogP contribution is -2.41. The summed E-state index contributed by atoms with van der Waals surface area (Å²) in [5.74, 6) is 0.628. The molecule has 1 aromatic rings. The van der Waals surface area contributed by atoms with Crippen molar-refractivity contribution in [1.29, 1.82) is 0 Å². The van der Waals surface area contributed by atoms with Gasteiger partial charge in [0.15, 0.2) is 0 Å². The molecule has 0 bridgehead atoms. The number of benzene rings is 1. The van der Waals surface area contributed by atoms with Crippen molar-refractivity contribution >= 4 is 12.0 Å². The molecule has 0 radical (unpaired) electrons. The van der Waals surface area contributed by atoms with Crippen molar-refractivity contribution in [2.45, 2.75) is 103 Å². The Kier molecular flexibility index (Phi) is 8.74. The van der Waals surface area contributed by atoms with Crippen LogP contribution in [0.15, 0.2) is 35.9 Å². The highest BCUT2D eigenvalue weighted by atomic mass is 16.6. The summed E-state index contributed by atoms with van der Waals surface area (Å²) in [4.78, 5) is 11.8. The minimum absolute atomic E-state index is 0.0889. The van der Waals surface area contributed by atoms with Gasteiger partial charge in [-0.1, -0.05) is 48.9 Å². The van der Waals surface area contributed by atoms with E-state index in [9.17, 15) is 4.79 Å². The molecule has 2 fully saturated rings. The molecule has 0 aliphatic heterocycles. The SMILES string of the molecule is CCC(=Cc1ccccc1)C1C[C@@H]1NC1CCC(NCCCC(=O)OC(C)(C)C)CC1. The summed E-state index contributed by atoms with van der Waals surface area (Å²) in [6.07, 6.45) is 11.1. The summed E-state index contributed by atoms with van der Waals surface area (Å²) < 4.78 is 5.37. The lowest BCUT2D eigenvalue weighted by Gasteiger charge is -2.30. The van der Waals surface area contributed by atoms with Crippen LogP contribution in [0.2, 0.25) is 0 Å². The van der Waals surface area contributed by atoms with Crippen LogP contribution < -0.4 is 10.6 Å². The van der Waals surface area contributed by atoms with E-state index >= 15 is 0 Å². The second-order valence-electron chi connectivity index (χ2n) is 10.3. The number of carbonyl (C=O) groups excluding carboxylic acids is 1. The molecule has 31 heavy (non-hydrogen) atoms. The van der Waals surface area contributed by atoms with E-state index in [0.717, 1.165) is 19.4 Å². The average molecular weight is 427 g/mol. The molecule has 4 heteroatoms. The Labute approximate surface area is 189 Å². The first-order valence-electron chi connectivity index (χ1n) is 12.3. The first kappa shape index (κ1) is 24.0. The number of hydrogen-bond acceptors (Lipinski definition) is 4. The normalized spacial score (nSPS) is 26.5. The van der Waals surface area contributed by atoms with Gasteiger partial charge in [-0.15, -0.1) is 0 Å². The zero-order valence-corrected chi connectivity index (χ0v) is 20.0. The number of rotatable bonds is 10. The van der Waals surface area contributed by atoms with Gasteiger partial charge in [0.1, 0.15) is 5.60 Å². The second-order valence-corrected chi connectivity index (χ2v) is 10.3. The predicted molar refractivity (Wildman–Crippen MR) is 129 cm³/mol. The summed E-state index contributed by atoms with van der Waals surface area (Å²) >= 11 is 0. The van der Waals surface area contributed by atoms with Gasteiger partial charge in [-0.25, -0.2) is 0 Å². The minimum atomic E-state index is -0.383. The van der Waals surface area contributed by atoms with Crippen LogP contribution in [0, 0.1) is 5.92 Å². The average Bonchev–Trinajstić information content (AvgIpc) is 3.49. The molecule has 2 N–H and O–H groups in total. The summed E-state index contributed by atoms with van der Waals surface area (Å²) in [5, 5.41) is 7.59. The molecular formula is C27H42N2O2. The van der Waals surface area contributed by atoms with E-state index in [1.807, 2.05) is 20.8 Å². The van der Waals surface area contributed by atoms with Crippen LogP contribution in [-0.2, 0) is 9.53 Å². The van der Waals surface area contributed by atoms with Gasteiger partial charge in [0.2, 0.25) is 0 Å². The van der Waals surface area contributed by atoms with Crippen molar-refractivity contribution in [1.82, 2.24) is 10.6 Å². The fraction of sp³-hybridized carbons (Fsp3) is 0.667. The van der Waals surface area contributed by atoms with Crippen LogP contribution in [0.3, 0.4) is 0 Å². The van der Waals surface area contributed by atoms with Gasteiger partial charge in [0.05, 0.1) is 0 Å². The maximum Gasteiger partial charge on any atom is 0.306 e. The van der Waals surface area contributed by atoms with Crippen LogP contribution in [0.4, 0.5) is 0 Å². The van der Waals surface area contributed by atoms with Gasteiger partial charge in [-0.2, -0.15) is 0 Å². The first-order valence-corrected chi connectivity index (χ1v) is 12.3. The van der Waals surface area contributed by atoms with Gasteiger partial charge >= 0.3 is 5.97 Å². The molecule has 0 heterocycles. The molecule has 2 aliphatic carbocycles. The Balaban J connectivity index is 1.30. The largest absolute Gasteiger partial charge is 0.460 e. The summed E-state index contributed by atoms with van der Waals surface area (Å²) in [7, 11) is 0. The van der Waals surface area contributed by atoms with E-state index in [1.165, 1.54) is 37.7 Å². The molecule has 0 amide bonds. The maximum atomic E-state index is 11.8. The fourth-order valence-corrected chi connectivity index (χ4v) is 4.72. The lowest BCUT2D eigenvalue weighted by atomic mass is 9.91. The van der Waals surface area contributed by atoms with Crippen LogP contribution in [0.25, 0.3) is 6.08 Å². The molecule has 0 saturated heterocycles. The highest BCUT2D eigenvalue weighted by Crippen LogP contribution is 2.40. The van der Waals surface area contributed by atoms with E-state index in [0.29, 0.717) is 30.5 Å². The van der Waals surface area contributed by atoms with Crippen molar-refractivity contribution in [3.63, 3.8) is 0 Å². The molecule has 172 valence electrons. The Bertz CT molecular complexity index is 715. The van der Waals surface area contributed by atoms with Crippen molar-refractivity contribution < 1.29 is 9.53 Å². The van der Waals surface area contributed by atoms with Crippen LogP contribution in [-0.4, -0.2) is 36.2 Å². The Morgan fingerprint density at radius 3 is 2.42 bits per heavy atom. The third-order valence-electron chi connectivity index (χ3n) is 6.41. The van der Waals surface area contributed by atoms with Crippen molar-refractivity contribution in [2.75, 3.05) is 6.54 Å². The predicted octanol–water partition coefficient (Wildman–Crippen LogP) is 5.48. The highest BCUT2D eigenvalue weighted by molar-refractivity contribution is 5.69. The summed E-state index contributed by atoms with van der Waals surface area (Å²) in [5.41, 5.74) is 2.53. The summed E-state index contributed by atoms with van der Waals surface area (Å²) in [6, 6.07) is 12.6. The molecule has 3 rings (SSSR count). The van der Waals surface area contributed by atoms with E-state index in [1.54, 1.807) is 5.57 Å². The van der Waals surface area contributed by atoms with E-state index in [4.69, 9.17) is 4.74 Å². The van der Waals surface area contributed by atoms with E-state index < -0.39 is 0 Å². The highest BCUT2D eigenvalue weighted by Gasteiger charge is 2.40. The molecule has 1 aromatic carbocycles. The summed E-state index contributed by atoms with van der Waals surface area (Å²) in [6.45, 7) is 8.94. The van der Waals surface area contributed by atoms with Crippen LogP contribution in [0.5, 0.6) is 0 Å².